The summed E-state index contributed by atoms with van der Waals surface area (Å²) in [5, 5.41) is 27.0. The topological polar surface area (TPSA) is 78.1 Å². The fourth-order valence-electron chi connectivity index (χ4n) is 2.48. The van der Waals surface area contributed by atoms with Gasteiger partial charge in [0.2, 0.25) is 0 Å². The molecule has 1 heterocycles. The number of unbranched alkanes of at least 4 members (excludes halogenated alkanes) is 5. The van der Waals surface area contributed by atoms with Gasteiger partial charge in [0.25, 0.3) is 0 Å². The van der Waals surface area contributed by atoms with Gasteiger partial charge in [0.05, 0.1) is 0 Å². The highest BCUT2D eigenvalue weighted by atomic mass is 16.3. The third-order valence-electron chi connectivity index (χ3n) is 3.85. The minimum atomic E-state index is -0.109. The van der Waals surface area contributed by atoms with Crippen LogP contribution in [0, 0.1) is 0 Å². The van der Waals surface area contributed by atoms with Crippen LogP contribution in [-0.2, 0) is 6.42 Å². The Hall–Kier alpha value is -2.43. The minimum absolute atomic E-state index is 0.00879. The van der Waals surface area contributed by atoms with E-state index in [1.165, 1.54) is 62.3 Å². The van der Waals surface area contributed by atoms with E-state index < -0.39 is 0 Å². The van der Waals surface area contributed by atoms with E-state index >= 15 is 0 Å². The van der Waals surface area contributed by atoms with Crippen molar-refractivity contribution in [2.75, 3.05) is 0 Å². The molecule has 2 N–H and O–H groups in total. The van der Waals surface area contributed by atoms with E-state index in [1.54, 1.807) is 6.20 Å². The SMILES string of the molecule is CCCCCCCCc1ccnc(N=Nc2ccc(O)cc2O)c1. The van der Waals surface area contributed by atoms with Crippen molar-refractivity contribution in [3.05, 3.63) is 42.1 Å². The number of hydrogen-bond acceptors (Lipinski definition) is 5. The molecule has 0 unspecified atom stereocenters. The molecule has 0 atom stereocenters. The van der Waals surface area contributed by atoms with Crippen molar-refractivity contribution in [1.82, 2.24) is 4.98 Å². The summed E-state index contributed by atoms with van der Waals surface area (Å²) in [4.78, 5) is 4.18. The lowest BCUT2D eigenvalue weighted by molar-refractivity contribution is 0.451. The maximum atomic E-state index is 9.69. The van der Waals surface area contributed by atoms with E-state index in [2.05, 4.69) is 22.1 Å². The highest BCUT2D eigenvalue weighted by molar-refractivity contribution is 5.53. The maximum absolute atomic E-state index is 9.69. The van der Waals surface area contributed by atoms with Crippen molar-refractivity contribution >= 4 is 11.5 Å². The van der Waals surface area contributed by atoms with Crippen LogP contribution in [0.3, 0.4) is 0 Å². The van der Waals surface area contributed by atoms with Crippen LogP contribution in [0.4, 0.5) is 11.5 Å². The minimum Gasteiger partial charge on any atom is -0.508 e. The highest BCUT2D eigenvalue weighted by Crippen LogP contribution is 2.30. The predicted molar refractivity (Wildman–Crippen MR) is 95.3 cm³/mol. The van der Waals surface area contributed by atoms with Gasteiger partial charge in [-0.3, -0.25) is 0 Å². The number of azo groups is 1. The van der Waals surface area contributed by atoms with Gasteiger partial charge >= 0.3 is 0 Å². The second-order valence-corrected chi connectivity index (χ2v) is 5.91. The molecule has 5 nitrogen and oxygen atoms in total. The Kier molecular flexibility index (Phi) is 7.21. The maximum Gasteiger partial charge on any atom is 0.174 e. The largest absolute Gasteiger partial charge is 0.508 e. The molecule has 0 radical (unpaired) electrons. The number of hydrogen-bond donors (Lipinski definition) is 2. The van der Waals surface area contributed by atoms with Crippen molar-refractivity contribution in [3.8, 4) is 11.5 Å². The number of aryl methyl sites for hydroxylation is 1. The third kappa shape index (κ3) is 5.99. The molecule has 0 saturated heterocycles. The molecule has 2 aromatic rings. The Labute approximate surface area is 143 Å². The Balaban J connectivity index is 1.89. The van der Waals surface area contributed by atoms with Gasteiger partial charge in [0, 0.05) is 12.3 Å². The summed E-state index contributed by atoms with van der Waals surface area (Å²) >= 11 is 0. The Morgan fingerprint density at radius 3 is 2.50 bits per heavy atom. The second kappa shape index (κ2) is 9.65. The van der Waals surface area contributed by atoms with Crippen molar-refractivity contribution in [2.24, 2.45) is 10.2 Å². The monoisotopic (exact) mass is 327 g/mol. The number of phenolic OH excluding ortho intramolecular Hbond substituents is 2. The van der Waals surface area contributed by atoms with Crippen molar-refractivity contribution in [3.63, 3.8) is 0 Å². The zero-order chi connectivity index (χ0) is 17.2. The molecule has 1 aromatic heterocycles. The summed E-state index contributed by atoms with van der Waals surface area (Å²) in [6.45, 7) is 2.23. The van der Waals surface area contributed by atoms with Crippen molar-refractivity contribution < 1.29 is 10.2 Å². The molecule has 5 heteroatoms. The highest BCUT2D eigenvalue weighted by Gasteiger charge is 2.02. The van der Waals surface area contributed by atoms with Crippen LogP contribution < -0.4 is 0 Å². The lowest BCUT2D eigenvalue weighted by Crippen LogP contribution is -1.87. The van der Waals surface area contributed by atoms with Crippen LogP contribution in [0.1, 0.15) is 51.0 Å². The third-order valence-corrected chi connectivity index (χ3v) is 3.85. The summed E-state index contributed by atoms with van der Waals surface area (Å²) in [6, 6.07) is 8.12. The standard InChI is InChI=1S/C19H25N3O2/c1-2-3-4-5-6-7-8-15-11-12-20-19(13-15)22-21-17-10-9-16(23)14-18(17)24/h9-14,23-24H,2-8H2,1H3. The molecule has 24 heavy (non-hydrogen) atoms. The molecule has 0 aliphatic rings. The van der Waals surface area contributed by atoms with Gasteiger partial charge in [-0.2, -0.15) is 0 Å². The molecule has 0 fully saturated rings. The Morgan fingerprint density at radius 2 is 1.71 bits per heavy atom. The predicted octanol–water partition coefficient (Wildman–Crippen LogP) is 5.81. The fraction of sp³-hybridized carbons (Fsp3) is 0.421. The lowest BCUT2D eigenvalue weighted by Gasteiger charge is -2.02. The van der Waals surface area contributed by atoms with Crippen LogP contribution in [0.15, 0.2) is 46.8 Å². The average Bonchev–Trinajstić information content (AvgIpc) is 2.58. The lowest BCUT2D eigenvalue weighted by atomic mass is 10.1. The average molecular weight is 327 g/mol. The number of aromatic nitrogens is 1. The van der Waals surface area contributed by atoms with E-state index in [4.69, 9.17) is 0 Å². The molecule has 128 valence electrons. The van der Waals surface area contributed by atoms with E-state index in [9.17, 15) is 10.2 Å². The van der Waals surface area contributed by atoms with Crippen LogP contribution in [0.2, 0.25) is 0 Å². The van der Waals surface area contributed by atoms with E-state index in [0.717, 1.165) is 6.42 Å². The van der Waals surface area contributed by atoms with Gasteiger partial charge < -0.3 is 10.2 Å². The number of rotatable bonds is 9. The first-order chi connectivity index (χ1) is 11.7. The van der Waals surface area contributed by atoms with Gasteiger partial charge in [-0.05, 0) is 42.7 Å². The summed E-state index contributed by atoms with van der Waals surface area (Å²) in [5.74, 6) is 0.401. The molecule has 0 amide bonds. The number of phenols is 2. The smallest absolute Gasteiger partial charge is 0.174 e. The summed E-state index contributed by atoms with van der Waals surface area (Å²) in [5.41, 5.74) is 1.50. The first-order valence-electron chi connectivity index (χ1n) is 8.57. The van der Waals surface area contributed by atoms with Gasteiger partial charge in [0.15, 0.2) is 5.82 Å². The summed E-state index contributed by atoms with van der Waals surface area (Å²) in [7, 11) is 0. The molecular formula is C19H25N3O2. The second-order valence-electron chi connectivity index (χ2n) is 5.91. The van der Waals surface area contributed by atoms with Crippen LogP contribution >= 0.6 is 0 Å². The molecule has 2 rings (SSSR count). The van der Waals surface area contributed by atoms with Gasteiger partial charge in [-0.15, -0.1) is 10.2 Å². The number of benzene rings is 1. The van der Waals surface area contributed by atoms with Crippen molar-refractivity contribution in [2.45, 2.75) is 51.9 Å². The molecule has 0 aliphatic heterocycles. The zero-order valence-electron chi connectivity index (χ0n) is 14.1. The van der Waals surface area contributed by atoms with Crippen molar-refractivity contribution in [1.29, 1.82) is 0 Å². The summed E-state index contributed by atoms with van der Waals surface area (Å²) < 4.78 is 0. The van der Waals surface area contributed by atoms with Gasteiger partial charge in [0.1, 0.15) is 17.2 Å². The van der Waals surface area contributed by atoms with E-state index in [0.29, 0.717) is 11.5 Å². The zero-order valence-corrected chi connectivity index (χ0v) is 14.1. The Morgan fingerprint density at radius 1 is 0.917 bits per heavy atom. The normalized spacial score (nSPS) is 11.2. The van der Waals surface area contributed by atoms with E-state index in [1.807, 2.05) is 12.1 Å². The fourth-order valence-corrected chi connectivity index (χ4v) is 2.48. The molecule has 0 aliphatic carbocycles. The van der Waals surface area contributed by atoms with Gasteiger partial charge in [-0.25, -0.2) is 4.98 Å². The number of nitrogens with zero attached hydrogens (tertiary/aromatic N) is 3. The summed E-state index contributed by atoms with van der Waals surface area (Å²) in [6.07, 6.45) is 10.4. The van der Waals surface area contributed by atoms with Crippen LogP contribution in [0.25, 0.3) is 0 Å². The number of pyridine rings is 1. The van der Waals surface area contributed by atoms with Gasteiger partial charge in [-0.1, -0.05) is 39.0 Å². The molecule has 1 aromatic carbocycles. The molecule has 0 spiro atoms. The first-order valence-corrected chi connectivity index (χ1v) is 8.57. The quantitative estimate of drug-likeness (QED) is 0.450. The molecule has 0 bridgehead atoms. The first kappa shape index (κ1) is 17.9. The van der Waals surface area contributed by atoms with Crippen LogP contribution in [-0.4, -0.2) is 15.2 Å². The molecular weight excluding hydrogens is 302 g/mol. The number of aromatic hydroxyl groups is 2. The van der Waals surface area contributed by atoms with Crippen LogP contribution in [0.5, 0.6) is 11.5 Å². The Bertz CT molecular complexity index is 671. The van der Waals surface area contributed by atoms with E-state index in [-0.39, 0.29) is 11.5 Å². The molecule has 0 saturated carbocycles.